The van der Waals surface area contributed by atoms with Crippen LogP contribution >= 0.6 is 0 Å². The molecule has 0 heterocycles. The van der Waals surface area contributed by atoms with Gasteiger partial charge in [-0.3, -0.25) is 4.79 Å². The number of aliphatic carboxylic acids is 1. The van der Waals surface area contributed by atoms with Crippen molar-refractivity contribution in [1.29, 1.82) is 0 Å². The van der Waals surface area contributed by atoms with Gasteiger partial charge < -0.3 is 9.84 Å². The van der Waals surface area contributed by atoms with Crippen molar-refractivity contribution in [3.63, 3.8) is 0 Å². The fourth-order valence-electron chi connectivity index (χ4n) is 1.53. The summed E-state index contributed by atoms with van der Waals surface area (Å²) in [6, 6.07) is 4.36. The van der Waals surface area contributed by atoms with Gasteiger partial charge >= 0.3 is 5.97 Å². The van der Waals surface area contributed by atoms with Crippen LogP contribution < -0.4 is 4.74 Å². The lowest BCUT2D eigenvalue weighted by molar-refractivity contribution is -0.137. The first-order valence-electron chi connectivity index (χ1n) is 5.17. The van der Waals surface area contributed by atoms with Crippen LogP contribution in [0.5, 0.6) is 5.75 Å². The molecule has 0 spiro atoms. The standard InChI is InChI=1S/C12H15FO3/c1-16-11-7-6-10(13)8-9(11)4-2-3-5-12(14)15/h6-8H,2-5H2,1H3,(H,14,15). The molecule has 0 bridgehead atoms. The molecule has 0 radical (unpaired) electrons. The number of carboxylic acid groups (broad SMARTS) is 1. The van der Waals surface area contributed by atoms with Gasteiger partial charge in [-0.2, -0.15) is 0 Å². The molecular weight excluding hydrogens is 211 g/mol. The number of methoxy groups -OCH3 is 1. The van der Waals surface area contributed by atoms with Crippen molar-refractivity contribution >= 4 is 5.97 Å². The van der Waals surface area contributed by atoms with Crippen LogP contribution in [-0.4, -0.2) is 18.2 Å². The highest BCUT2D eigenvalue weighted by atomic mass is 19.1. The molecule has 0 aliphatic carbocycles. The van der Waals surface area contributed by atoms with Gasteiger partial charge in [-0.1, -0.05) is 0 Å². The minimum atomic E-state index is -0.800. The van der Waals surface area contributed by atoms with Crippen molar-refractivity contribution in [3.8, 4) is 5.75 Å². The van der Waals surface area contributed by atoms with Gasteiger partial charge in [0.2, 0.25) is 0 Å². The first-order chi connectivity index (χ1) is 7.63. The maximum Gasteiger partial charge on any atom is 0.303 e. The van der Waals surface area contributed by atoms with Crippen LogP contribution in [0.25, 0.3) is 0 Å². The van der Waals surface area contributed by atoms with E-state index in [-0.39, 0.29) is 12.2 Å². The van der Waals surface area contributed by atoms with Crippen LogP contribution in [0.2, 0.25) is 0 Å². The van der Waals surface area contributed by atoms with E-state index >= 15 is 0 Å². The molecule has 16 heavy (non-hydrogen) atoms. The minimum absolute atomic E-state index is 0.150. The summed E-state index contributed by atoms with van der Waals surface area (Å²) in [7, 11) is 1.54. The van der Waals surface area contributed by atoms with E-state index in [1.54, 1.807) is 6.07 Å². The molecular formula is C12H15FO3. The van der Waals surface area contributed by atoms with Crippen LogP contribution in [0.15, 0.2) is 18.2 Å². The summed E-state index contributed by atoms with van der Waals surface area (Å²) in [5, 5.41) is 8.47. The Morgan fingerprint density at radius 2 is 2.19 bits per heavy atom. The molecule has 0 aliphatic rings. The second-order valence-electron chi connectivity index (χ2n) is 3.56. The lowest BCUT2D eigenvalue weighted by atomic mass is 10.1. The number of rotatable bonds is 6. The zero-order valence-electron chi connectivity index (χ0n) is 9.20. The molecule has 0 amide bonds. The van der Waals surface area contributed by atoms with Gasteiger partial charge in [0.25, 0.3) is 0 Å². The maximum absolute atomic E-state index is 13.0. The van der Waals surface area contributed by atoms with E-state index in [0.717, 1.165) is 5.56 Å². The second kappa shape index (κ2) is 6.10. The molecule has 1 aromatic rings. The average molecular weight is 226 g/mol. The summed E-state index contributed by atoms with van der Waals surface area (Å²) in [5.41, 5.74) is 0.785. The predicted octanol–water partition coefficient (Wildman–Crippen LogP) is 2.63. The molecule has 4 heteroatoms. The van der Waals surface area contributed by atoms with E-state index in [9.17, 15) is 9.18 Å². The number of aryl methyl sites for hydroxylation is 1. The number of unbranched alkanes of at least 4 members (excludes halogenated alkanes) is 1. The Labute approximate surface area is 93.9 Å². The van der Waals surface area contributed by atoms with E-state index in [1.165, 1.54) is 19.2 Å². The van der Waals surface area contributed by atoms with E-state index in [4.69, 9.17) is 9.84 Å². The van der Waals surface area contributed by atoms with Crippen LogP contribution in [0.3, 0.4) is 0 Å². The third-order valence-corrected chi connectivity index (χ3v) is 2.33. The average Bonchev–Trinajstić information content (AvgIpc) is 2.24. The van der Waals surface area contributed by atoms with Gasteiger partial charge in [0.05, 0.1) is 7.11 Å². The Hall–Kier alpha value is -1.58. The summed E-state index contributed by atoms with van der Waals surface area (Å²) in [6.07, 6.45) is 2.09. The van der Waals surface area contributed by atoms with Gasteiger partial charge in [0.15, 0.2) is 0 Å². The Bertz CT molecular complexity index is 363. The van der Waals surface area contributed by atoms with Gasteiger partial charge in [0.1, 0.15) is 11.6 Å². The van der Waals surface area contributed by atoms with E-state index in [1.807, 2.05) is 0 Å². The van der Waals surface area contributed by atoms with Crippen molar-refractivity contribution in [3.05, 3.63) is 29.6 Å². The Kier molecular flexibility index (Phi) is 4.76. The third kappa shape index (κ3) is 3.88. The first-order valence-corrected chi connectivity index (χ1v) is 5.17. The zero-order valence-corrected chi connectivity index (χ0v) is 9.20. The molecule has 0 fully saturated rings. The largest absolute Gasteiger partial charge is 0.496 e. The van der Waals surface area contributed by atoms with Gasteiger partial charge in [-0.05, 0) is 43.0 Å². The summed E-state index contributed by atoms with van der Waals surface area (Å²) < 4.78 is 18.1. The second-order valence-corrected chi connectivity index (χ2v) is 3.56. The highest BCUT2D eigenvalue weighted by molar-refractivity contribution is 5.66. The lowest BCUT2D eigenvalue weighted by Crippen LogP contribution is -1.97. The number of carbonyl (C=O) groups is 1. The van der Waals surface area contributed by atoms with Gasteiger partial charge in [0, 0.05) is 6.42 Å². The normalized spacial score (nSPS) is 10.1. The van der Waals surface area contributed by atoms with E-state index in [2.05, 4.69) is 0 Å². The highest BCUT2D eigenvalue weighted by Crippen LogP contribution is 2.21. The van der Waals surface area contributed by atoms with Crippen molar-refractivity contribution in [2.24, 2.45) is 0 Å². The molecule has 1 rings (SSSR count). The molecule has 0 aliphatic heterocycles. The molecule has 1 aromatic carbocycles. The molecule has 0 saturated carbocycles. The summed E-state index contributed by atoms with van der Waals surface area (Å²) in [6.45, 7) is 0. The molecule has 1 N–H and O–H groups in total. The molecule has 0 aromatic heterocycles. The van der Waals surface area contributed by atoms with Crippen LogP contribution in [0, 0.1) is 5.82 Å². The fraction of sp³-hybridized carbons (Fsp3) is 0.417. The Balaban J connectivity index is 2.51. The quantitative estimate of drug-likeness (QED) is 0.758. The van der Waals surface area contributed by atoms with Gasteiger partial charge in [-0.25, -0.2) is 4.39 Å². The number of hydrogen-bond acceptors (Lipinski definition) is 2. The van der Waals surface area contributed by atoms with Crippen molar-refractivity contribution in [2.75, 3.05) is 7.11 Å². The van der Waals surface area contributed by atoms with E-state index in [0.29, 0.717) is 25.0 Å². The smallest absolute Gasteiger partial charge is 0.303 e. The molecule has 3 nitrogen and oxygen atoms in total. The summed E-state index contributed by atoms with van der Waals surface area (Å²) >= 11 is 0. The lowest BCUT2D eigenvalue weighted by Gasteiger charge is -2.07. The fourth-order valence-corrected chi connectivity index (χ4v) is 1.53. The predicted molar refractivity (Wildman–Crippen MR) is 58.1 cm³/mol. The van der Waals surface area contributed by atoms with Crippen LogP contribution in [-0.2, 0) is 11.2 Å². The minimum Gasteiger partial charge on any atom is -0.496 e. The molecule has 0 saturated heterocycles. The van der Waals surface area contributed by atoms with Crippen molar-refractivity contribution < 1.29 is 19.0 Å². The third-order valence-electron chi connectivity index (χ3n) is 2.33. The monoisotopic (exact) mass is 226 g/mol. The van der Waals surface area contributed by atoms with E-state index < -0.39 is 5.97 Å². The summed E-state index contributed by atoms with van der Waals surface area (Å²) in [5.74, 6) is -0.447. The Morgan fingerprint density at radius 3 is 2.81 bits per heavy atom. The molecule has 88 valence electrons. The Morgan fingerprint density at radius 1 is 1.44 bits per heavy atom. The topological polar surface area (TPSA) is 46.5 Å². The number of carboxylic acids is 1. The van der Waals surface area contributed by atoms with Crippen LogP contribution in [0.4, 0.5) is 4.39 Å². The van der Waals surface area contributed by atoms with Crippen LogP contribution in [0.1, 0.15) is 24.8 Å². The highest BCUT2D eigenvalue weighted by Gasteiger charge is 2.05. The molecule has 0 unspecified atom stereocenters. The number of ether oxygens (including phenoxy) is 1. The maximum atomic E-state index is 13.0. The SMILES string of the molecule is COc1ccc(F)cc1CCCCC(=O)O. The van der Waals surface area contributed by atoms with Crippen molar-refractivity contribution in [1.82, 2.24) is 0 Å². The first kappa shape index (κ1) is 12.5. The number of halogens is 1. The van der Waals surface area contributed by atoms with Gasteiger partial charge in [-0.15, -0.1) is 0 Å². The number of benzene rings is 1. The number of hydrogen-bond donors (Lipinski definition) is 1. The van der Waals surface area contributed by atoms with Crippen molar-refractivity contribution in [2.45, 2.75) is 25.7 Å². The summed E-state index contributed by atoms with van der Waals surface area (Å²) in [4.78, 5) is 10.3. The molecule has 0 atom stereocenters. The zero-order chi connectivity index (χ0) is 12.0.